The molecule has 3 heteroatoms. The second-order valence-corrected chi connectivity index (χ2v) is 13.8. The first-order valence-electron chi connectivity index (χ1n) is 13.7. The number of allylic oxidation sites excluding steroid dienone is 1. The van der Waals surface area contributed by atoms with Gasteiger partial charge in [0.2, 0.25) is 0 Å². The Morgan fingerprint density at radius 3 is 2.33 bits per heavy atom. The van der Waals surface area contributed by atoms with E-state index in [-0.39, 0.29) is 5.41 Å². The van der Waals surface area contributed by atoms with Crippen LogP contribution in [0.1, 0.15) is 113 Å². The summed E-state index contributed by atoms with van der Waals surface area (Å²) in [5.41, 5.74) is 1.40. The van der Waals surface area contributed by atoms with E-state index in [0.717, 1.165) is 43.4 Å². The van der Waals surface area contributed by atoms with Crippen molar-refractivity contribution in [2.45, 2.75) is 113 Å². The van der Waals surface area contributed by atoms with Crippen molar-refractivity contribution in [3.63, 3.8) is 0 Å². The van der Waals surface area contributed by atoms with Gasteiger partial charge in [-0.05, 0) is 111 Å². The van der Waals surface area contributed by atoms with E-state index in [1.54, 1.807) is 6.92 Å². The number of hydrogen-bond donors (Lipinski definition) is 1. The predicted octanol–water partition coefficient (Wildman–Crippen LogP) is 7.69. The van der Waals surface area contributed by atoms with Crippen molar-refractivity contribution in [3.8, 4) is 0 Å². The van der Waals surface area contributed by atoms with Crippen LogP contribution in [0.4, 0.5) is 0 Å². The van der Waals surface area contributed by atoms with Gasteiger partial charge in [-0.3, -0.25) is 4.79 Å². The lowest BCUT2D eigenvalue weighted by Crippen LogP contribution is -2.61. The van der Waals surface area contributed by atoms with E-state index >= 15 is 0 Å². The van der Waals surface area contributed by atoms with Crippen LogP contribution < -0.4 is 0 Å². The average molecular weight is 457 g/mol. The first-order chi connectivity index (χ1) is 15.3. The lowest BCUT2D eigenvalue weighted by molar-refractivity contribution is -0.183. The Labute approximate surface area is 202 Å². The SMILES string of the molecule is C/C(=C\CC[C@@H](C)[C@H]1CC[C@@]2(C)[C@@H]3CCC4C(C)(C)C(=O)CC[C@]4(C)[C@H]3CC[C@]12C)C(=O)O. The standard InChI is InChI=1S/C30H48O3/c1-19(9-8-10-20(2)26(32)33)21-13-17-30(7)23-11-12-24-27(3,4)25(31)15-16-28(24,5)22(23)14-18-29(21,30)6/h10,19,21-24H,8-9,11-18H2,1-7H3,(H,32,33)/b20-10+/t19-,21-,22+,23-,24?,28-,29-,30+/m1/s1. The van der Waals surface area contributed by atoms with Crippen molar-refractivity contribution in [1.29, 1.82) is 0 Å². The smallest absolute Gasteiger partial charge is 0.330 e. The molecule has 0 spiro atoms. The molecule has 4 aliphatic rings. The Kier molecular flexibility index (Phi) is 6.23. The van der Waals surface area contributed by atoms with Crippen molar-refractivity contribution in [2.75, 3.05) is 0 Å². The molecule has 1 N–H and O–H groups in total. The van der Waals surface area contributed by atoms with Gasteiger partial charge in [0.05, 0.1) is 0 Å². The molecule has 8 atom stereocenters. The molecule has 186 valence electrons. The Bertz CT molecular complexity index is 839. The molecule has 0 saturated heterocycles. The fourth-order valence-electron chi connectivity index (χ4n) is 10.1. The molecule has 4 saturated carbocycles. The Balaban J connectivity index is 1.54. The largest absolute Gasteiger partial charge is 0.478 e. The third-order valence-electron chi connectivity index (χ3n) is 12.4. The molecule has 0 bridgehead atoms. The van der Waals surface area contributed by atoms with Gasteiger partial charge in [0.15, 0.2) is 0 Å². The summed E-state index contributed by atoms with van der Waals surface area (Å²) in [5, 5.41) is 9.16. The molecule has 33 heavy (non-hydrogen) atoms. The number of rotatable bonds is 5. The summed E-state index contributed by atoms with van der Waals surface area (Å²) in [6.07, 6.45) is 13.6. The van der Waals surface area contributed by atoms with Gasteiger partial charge >= 0.3 is 5.97 Å². The van der Waals surface area contributed by atoms with Crippen LogP contribution in [0, 0.1) is 51.2 Å². The Hall–Kier alpha value is -1.12. The molecule has 4 fully saturated rings. The van der Waals surface area contributed by atoms with E-state index in [1.807, 2.05) is 6.08 Å². The molecular weight excluding hydrogens is 408 g/mol. The summed E-state index contributed by atoms with van der Waals surface area (Å²) in [6, 6.07) is 0. The summed E-state index contributed by atoms with van der Waals surface area (Å²) in [5.74, 6) is 3.15. The summed E-state index contributed by atoms with van der Waals surface area (Å²) < 4.78 is 0. The maximum atomic E-state index is 12.8. The van der Waals surface area contributed by atoms with Crippen molar-refractivity contribution < 1.29 is 14.7 Å². The van der Waals surface area contributed by atoms with Crippen LogP contribution in [0.15, 0.2) is 11.6 Å². The highest BCUT2D eigenvalue weighted by Crippen LogP contribution is 2.74. The molecule has 0 radical (unpaired) electrons. The van der Waals surface area contributed by atoms with Crippen LogP contribution in [0.5, 0.6) is 0 Å². The summed E-state index contributed by atoms with van der Waals surface area (Å²) in [6.45, 7) is 16.4. The molecule has 0 aromatic carbocycles. The van der Waals surface area contributed by atoms with Crippen LogP contribution >= 0.6 is 0 Å². The third-order valence-corrected chi connectivity index (χ3v) is 12.4. The minimum absolute atomic E-state index is 0.159. The highest BCUT2D eigenvalue weighted by atomic mass is 16.4. The Morgan fingerprint density at radius 1 is 1.00 bits per heavy atom. The lowest BCUT2D eigenvalue weighted by Gasteiger charge is -2.66. The third kappa shape index (κ3) is 3.57. The van der Waals surface area contributed by atoms with Crippen molar-refractivity contribution in [2.24, 2.45) is 51.2 Å². The number of aliphatic carboxylic acids is 1. The quantitative estimate of drug-likeness (QED) is 0.431. The fourth-order valence-corrected chi connectivity index (χ4v) is 10.1. The molecule has 4 aliphatic carbocycles. The van der Waals surface area contributed by atoms with Gasteiger partial charge in [-0.25, -0.2) is 4.79 Å². The molecule has 0 aliphatic heterocycles. The summed E-state index contributed by atoms with van der Waals surface area (Å²) in [7, 11) is 0. The molecule has 0 heterocycles. The minimum Gasteiger partial charge on any atom is -0.478 e. The van der Waals surface area contributed by atoms with E-state index in [0.29, 0.717) is 39.4 Å². The predicted molar refractivity (Wildman–Crippen MR) is 134 cm³/mol. The van der Waals surface area contributed by atoms with Crippen molar-refractivity contribution in [3.05, 3.63) is 11.6 Å². The fraction of sp³-hybridized carbons (Fsp3) is 0.867. The number of Topliss-reactive ketones (excluding diaryl/α,β-unsaturated/α-hetero) is 1. The first-order valence-corrected chi connectivity index (χ1v) is 13.7. The van der Waals surface area contributed by atoms with Gasteiger partial charge < -0.3 is 5.11 Å². The second kappa shape index (κ2) is 8.23. The van der Waals surface area contributed by atoms with Crippen molar-refractivity contribution in [1.82, 2.24) is 0 Å². The van der Waals surface area contributed by atoms with Crippen LogP contribution in [0.3, 0.4) is 0 Å². The molecule has 0 amide bonds. The number of fused-ring (bicyclic) bond motifs is 5. The topological polar surface area (TPSA) is 54.4 Å². The van der Waals surface area contributed by atoms with Gasteiger partial charge in [0.1, 0.15) is 5.78 Å². The zero-order chi connectivity index (χ0) is 24.4. The number of ketones is 1. The zero-order valence-corrected chi connectivity index (χ0v) is 22.3. The Morgan fingerprint density at radius 2 is 1.67 bits per heavy atom. The highest BCUT2D eigenvalue weighted by molar-refractivity contribution is 5.86. The lowest BCUT2D eigenvalue weighted by atomic mass is 9.38. The zero-order valence-electron chi connectivity index (χ0n) is 22.3. The van der Waals surface area contributed by atoms with Crippen LogP contribution in [0.2, 0.25) is 0 Å². The summed E-state index contributed by atoms with van der Waals surface area (Å²) >= 11 is 0. The molecule has 3 nitrogen and oxygen atoms in total. The van der Waals surface area contributed by atoms with E-state index in [4.69, 9.17) is 5.11 Å². The number of carboxylic acid groups (broad SMARTS) is 1. The van der Waals surface area contributed by atoms with Crippen molar-refractivity contribution >= 4 is 11.8 Å². The van der Waals surface area contributed by atoms with Gasteiger partial charge in [0.25, 0.3) is 0 Å². The van der Waals surface area contributed by atoms with Crippen LogP contribution in [0.25, 0.3) is 0 Å². The van der Waals surface area contributed by atoms with E-state index < -0.39 is 5.97 Å². The molecule has 1 unspecified atom stereocenters. The van der Waals surface area contributed by atoms with Crippen LogP contribution in [-0.4, -0.2) is 16.9 Å². The molecule has 0 aromatic heterocycles. The highest BCUT2D eigenvalue weighted by Gasteiger charge is 2.67. The molecular formula is C30H48O3. The van der Waals surface area contributed by atoms with Gasteiger partial charge in [-0.1, -0.05) is 47.6 Å². The summed E-state index contributed by atoms with van der Waals surface area (Å²) in [4.78, 5) is 24.0. The minimum atomic E-state index is -0.793. The number of carbonyl (C=O) groups is 2. The molecule has 4 rings (SSSR count). The number of carboxylic acids is 1. The normalized spacial score (nSPS) is 45.7. The maximum absolute atomic E-state index is 12.8. The number of carbonyl (C=O) groups excluding carboxylic acids is 1. The average Bonchev–Trinajstić information content (AvgIpc) is 3.02. The van der Waals surface area contributed by atoms with Gasteiger partial charge in [-0.2, -0.15) is 0 Å². The van der Waals surface area contributed by atoms with Crippen LogP contribution in [-0.2, 0) is 9.59 Å². The van der Waals surface area contributed by atoms with E-state index in [2.05, 4.69) is 41.5 Å². The maximum Gasteiger partial charge on any atom is 0.330 e. The first kappa shape index (κ1) is 25.0. The molecule has 0 aromatic rings. The van der Waals surface area contributed by atoms with E-state index in [1.165, 1.54) is 38.5 Å². The number of hydrogen-bond acceptors (Lipinski definition) is 2. The second-order valence-electron chi connectivity index (χ2n) is 13.8. The van der Waals surface area contributed by atoms with Gasteiger partial charge in [-0.15, -0.1) is 0 Å². The van der Waals surface area contributed by atoms with E-state index in [9.17, 15) is 9.59 Å². The monoisotopic (exact) mass is 456 g/mol. The van der Waals surface area contributed by atoms with Gasteiger partial charge in [0, 0.05) is 17.4 Å².